The van der Waals surface area contributed by atoms with E-state index in [4.69, 9.17) is 5.11 Å². The number of aliphatic carboxylic acids is 1. The highest BCUT2D eigenvalue weighted by Crippen LogP contribution is 2.33. The molecule has 42 heavy (non-hydrogen) atoms. The normalized spacial score (nSPS) is 12.4. The minimum atomic E-state index is -0.717. The number of allylic oxidation sites excluding steroid dienone is 8. The van der Waals surface area contributed by atoms with E-state index in [1.54, 1.807) is 0 Å². The van der Waals surface area contributed by atoms with Crippen LogP contribution in [0.5, 0.6) is 0 Å². The molecule has 0 heterocycles. The van der Waals surface area contributed by atoms with Crippen LogP contribution in [0, 0.1) is 13.8 Å². The molecular weight excluding hydrogens is 512 g/mol. The minimum absolute atomic E-state index is 0.251. The van der Waals surface area contributed by atoms with E-state index in [0.29, 0.717) is 6.42 Å². The van der Waals surface area contributed by atoms with Gasteiger partial charge in [-0.15, -0.1) is 0 Å². The number of benzene rings is 4. The first-order chi connectivity index (χ1) is 20.5. The fourth-order valence-electron chi connectivity index (χ4n) is 5.59. The van der Waals surface area contributed by atoms with Gasteiger partial charge in [0.1, 0.15) is 0 Å². The van der Waals surface area contributed by atoms with E-state index in [1.165, 1.54) is 68.3 Å². The van der Waals surface area contributed by atoms with Crippen molar-refractivity contribution < 1.29 is 9.90 Å². The summed E-state index contributed by atoms with van der Waals surface area (Å²) in [6.45, 7) is 4.40. The van der Waals surface area contributed by atoms with Crippen molar-refractivity contribution in [2.75, 3.05) is 0 Å². The van der Waals surface area contributed by atoms with Crippen LogP contribution in [0.3, 0.4) is 0 Å². The van der Waals surface area contributed by atoms with Crippen molar-refractivity contribution in [3.8, 4) is 0 Å². The maximum Gasteiger partial charge on any atom is 0.303 e. The maximum absolute atomic E-state index is 10.5. The van der Waals surface area contributed by atoms with Crippen LogP contribution in [-0.2, 0) is 11.2 Å². The Morgan fingerprint density at radius 3 is 1.81 bits per heavy atom. The number of hydrogen-bond acceptors (Lipinski definition) is 1. The molecule has 0 aliphatic heterocycles. The molecule has 0 unspecified atom stereocenters. The van der Waals surface area contributed by atoms with Crippen molar-refractivity contribution in [2.45, 2.75) is 84.5 Å². The molecule has 0 aliphatic rings. The number of fused-ring (bicyclic) bond motifs is 4. The fraction of sp³-hybridized carbons (Fsp3) is 0.325. The van der Waals surface area contributed by atoms with Gasteiger partial charge in [0.15, 0.2) is 0 Å². The van der Waals surface area contributed by atoms with Gasteiger partial charge >= 0.3 is 5.97 Å². The van der Waals surface area contributed by atoms with E-state index >= 15 is 0 Å². The molecule has 0 saturated carbocycles. The highest BCUT2D eigenvalue weighted by atomic mass is 16.4. The predicted octanol–water partition coefficient (Wildman–Crippen LogP) is 11.5. The first-order valence-electron chi connectivity index (χ1n) is 15.7. The number of unbranched alkanes of at least 4 members (excludes halogenated alkanes) is 4. The molecule has 2 nitrogen and oxygen atoms in total. The quantitative estimate of drug-likeness (QED) is 0.0642. The van der Waals surface area contributed by atoms with Crippen LogP contribution in [0.25, 0.3) is 32.3 Å². The van der Waals surface area contributed by atoms with Crippen LogP contribution in [-0.4, -0.2) is 11.1 Å². The van der Waals surface area contributed by atoms with Crippen LogP contribution >= 0.6 is 0 Å². The molecule has 0 spiro atoms. The third-order valence-corrected chi connectivity index (χ3v) is 8.08. The van der Waals surface area contributed by atoms with E-state index < -0.39 is 5.97 Å². The Kier molecular flexibility index (Phi) is 12.2. The van der Waals surface area contributed by atoms with Crippen LogP contribution < -0.4 is 0 Å². The average molecular weight is 559 g/mol. The van der Waals surface area contributed by atoms with Crippen LogP contribution in [0.1, 0.15) is 80.9 Å². The van der Waals surface area contributed by atoms with Crippen LogP contribution in [0.15, 0.2) is 103 Å². The summed E-state index contributed by atoms with van der Waals surface area (Å²) in [5.74, 6) is -0.717. The first-order valence-corrected chi connectivity index (χ1v) is 15.7. The Labute approximate surface area is 252 Å². The Bertz CT molecular complexity index is 1600. The molecule has 0 saturated heterocycles. The Morgan fingerprint density at radius 1 is 0.595 bits per heavy atom. The molecule has 0 aliphatic carbocycles. The average Bonchev–Trinajstić information content (AvgIpc) is 2.98. The molecule has 4 aromatic carbocycles. The van der Waals surface area contributed by atoms with Gasteiger partial charge in [-0.1, -0.05) is 97.5 Å². The predicted molar refractivity (Wildman–Crippen MR) is 183 cm³/mol. The Balaban J connectivity index is 1.18. The summed E-state index contributed by atoms with van der Waals surface area (Å²) >= 11 is 0. The van der Waals surface area contributed by atoms with Crippen LogP contribution in [0.2, 0.25) is 0 Å². The monoisotopic (exact) mass is 558 g/mol. The number of rotatable bonds is 16. The molecule has 2 heteroatoms. The lowest BCUT2D eigenvalue weighted by molar-refractivity contribution is -0.137. The van der Waals surface area contributed by atoms with Gasteiger partial charge in [0, 0.05) is 6.42 Å². The van der Waals surface area contributed by atoms with Gasteiger partial charge in [0.25, 0.3) is 0 Å². The van der Waals surface area contributed by atoms with Gasteiger partial charge in [0.2, 0.25) is 0 Å². The van der Waals surface area contributed by atoms with Crippen molar-refractivity contribution in [3.63, 3.8) is 0 Å². The summed E-state index contributed by atoms with van der Waals surface area (Å²) in [6, 6.07) is 20.8. The smallest absolute Gasteiger partial charge is 0.303 e. The van der Waals surface area contributed by atoms with Gasteiger partial charge in [-0.2, -0.15) is 0 Å². The molecule has 4 rings (SSSR count). The van der Waals surface area contributed by atoms with E-state index in [1.807, 2.05) is 0 Å². The van der Waals surface area contributed by atoms with Gasteiger partial charge < -0.3 is 5.11 Å². The lowest BCUT2D eigenvalue weighted by Gasteiger charge is -2.13. The molecule has 0 atom stereocenters. The molecule has 1 N–H and O–H groups in total. The topological polar surface area (TPSA) is 37.3 Å². The number of hydrogen-bond donors (Lipinski definition) is 1. The van der Waals surface area contributed by atoms with E-state index in [2.05, 4.69) is 117 Å². The van der Waals surface area contributed by atoms with E-state index in [0.717, 1.165) is 38.5 Å². The zero-order chi connectivity index (χ0) is 29.6. The van der Waals surface area contributed by atoms with E-state index in [9.17, 15) is 4.79 Å². The highest BCUT2D eigenvalue weighted by Gasteiger charge is 2.09. The van der Waals surface area contributed by atoms with Crippen molar-refractivity contribution in [2.24, 2.45) is 0 Å². The Morgan fingerprint density at radius 2 is 1.17 bits per heavy atom. The highest BCUT2D eigenvalue weighted by molar-refractivity contribution is 6.13. The molecule has 0 bridgehead atoms. The van der Waals surface area contributed by atoms with Gasteiger partial charge in [-0.05, 0) is 133 Å². The first kappa shape index (κ1) is 31.0. The number of carboxylic acids is 1. The van der Waals surface area contributed by atoms with Crippen molar-refractivity contribution in [1.29, 1.82) is 0 Å². The Hall–Kier alpha value is -3.91. The minimum Gasteiger partial charge on any atom is -0.481 e. The third kappa shape index (κ3) is 9.31. The standard InChI is InChI=1S/C40H46O2/c1-31-26-34-29-36-28-33(37-23-20-21-24-38(37)39(36)30-35(34)27-32(31)2)22-18-16-14-12-10-8-6-4-3-5-7-9-11-13-15-17-19-25-40(41)42/h3-4,7-10,13,15,20-21,23-24,26-30H,5-6,11-12,14,16-19,22,25H2,1-2H3,(H,41,42). The number of aryl methyl sites for hydroxylation is 3. The number of carboxylic acid groups (broad SMARTS) is 1. The van der Waals surface area contributed by atoms with E-state index in [-0.39, 0.29) is 6.42 Å². The summed E-state index contributed by atoms with van der Waals surface area (Å²) in [5.41, 5.74) is 4.18. The van der Waals surface area contributed by atoms with Gasteiger partial charge in [-0.25, -0.2) is 0 Å². The fourth-order valence-corrected chi connectivity index (χ4v) is 5.59. The SMILES string of the molecule is Cc1cc2cc3cc(CCCCCC=CCC=CCC=CCC=CCCCC(=O)O)c4ccccc4c3cc2cc1C. The second-order valence-corrected chi connectivity index (χ2v) is 11.4. The lowest BCUT2D eigenvalue weighted by Crippen LogP contribution is -1.92. The summed E-state index contributed by atoms with van der Waals surface area (Å²) in [4.78, 5) is 10.5. The zero-order valence-electron chi connectivity index (χ0n) is 25.4. The second-order valence-electron chi connectivity index (χ2n) is 11.4. The lowest BCUT2D eigenvalue weighted by atomic mass is 9.92. The maximum atomic E-state index is 10.5. The van der Waals surface area contributed by atoms with Crippen molar-refractivity contribution >= 4 is 38.3 Å². The van der Waals surface area contributed by atoms with Gasteiger partial charge in [0.05, 0.1) is 0 Å². The molecule has 0 radical (unpaired) electrons. The van der Waals surface area contributed by atoms with Crippen molar-refractivity contribution in [3.05, 3.63) is 120 Å². The molecule has 0 aromatic heterocycles. The summed E-state index contributed by atoms with van der Waals surface area (Å²) in [6.07, 6.45) is 28.2. The summed E-state index contributed by atoms with van der Waals surface area (Å²) < 4.78 is 0. The molecule has 218 valence electrons. The van der Waals surface area contributed by atoms with Crippen LogP contribution in [0.4, 0.5) is 0 Å². The van der Waals surface area contributed by atoms with Crippen molar-refractivity contribution in [1.82, 2.24) is 0 Å². The van der Waals surface area contributed by atoms with Gasteiger partial charge in [-0.3, -0.25) is 4.79 Å². The molecule has 0 amide bonds. The summed E-state index contributed by atoms with van der Waals surface area (Å²) in [7, 11) is 0. The molecular formula is C40H46O2. The summed E-state index contributed by atoms with van der Waals surface area (Å²) in [5, 5.41) is 16.8. The zero-order valence-corrected chi connectivity index (χ0v) is 25.4. The largest absolute Gasteiger partial charge is 0.481 e. The number of carbonyl (C=O) groups is 1. The molecule has 4 aromatic rings. The molecule has 0 fully saturated rings. The second kappa shape index (κ2) is 16.5. The third-order valence-electron chi connectivity index (χ3n) is 8.08.